The Morgan fingerprint density at radius 3 is 2.23 bits per heavy atom. The van der Waals surface area contributed by atoms with E-state index in [1.54, 1.807) is 19.2 Å². The average Bonchev–Trinajstić information content (AvgIpc) is 3.54. The Balaban J connectivity index is 1.59. The van der Waals surface area contributed by atoms with Crippen LogP contribution in [0.3, 0.4) is 0 Å². The van der Waals surface area contributed by atoms with Crippen LogP contribution >= 0.6 is 0 Å². The molecule has 35 heavy (non-hydrogen) atoms. The van der Waals surface area contributed by atoms with Gasteiger partial charge in [0.25, 0.3) is 0 Å². The molecule has 2 heterocycles. The van der Waals surface area contributed by atoms with Crippen LogP contribution in [0.2, 0.25) is 0 Å². The van der Waals surface area contributed by atoms with Gasteiger partial charge in [-0.15, -0.1) is 0 Å². The van der Waals surface area contributed by atoms with E-state index in [1.807, 2.05) is 85.8 Å². The van der Waals surface area contributed by atoms with Crippen LogP contribution in [0.4, 0.5) is 0 Å². The fourth-order valence-corrected chi connectivity index (χ4v) is 4.37. The number of methoxy groups -OCH3 is 1. The Bertz CT molecular complexity index is 1320. The van der Waals surface area contributed by atoms with Crippen molar-refractivity contribution in [2.45, 2.75) is 25.0 Å². The van der Waals surface area contributed by atoms with Crippen LogP contribution in [0.1, 0.15) is 46.2 Å². The van der Waals surface area contributed by atoms with Crippen molar-refractivity contribution < 1.29 is 18.8 Å². The summed E-state index contributed by atoms with van der Waals surface area (Å²) in [6, 6.07) is 28.6. The topological polar surface area (TPSA) is 73.9 Å². The molecule has 0 radical (unpaired) electrons. The second-order valence-corrected chi connectivity index (χ2v) is 8.49. The number of aliphatic imine (C=N–C) groups is 1. The summed E-state index contributed by atoms with van der Waals surface area (Å²) in [5, 5.41) is 4.38. The van der Waals surface area contributed by atoms with Gasteiger partial charge in [0, 0.05) is 18.2 Å². The second-order valence-electron chi connectivity index (χ2n) is 8.49. The lowest BCUT2D eigenvalue weighted by Gasteiger charge is -2.17. The van der Waals surface area contributed by atoms with Crippen molar-refractivity contribution in [2.75, 3.05) is 13.7 Å². The van der Waals surface area contributed by atoms with Gasteiger partial charge < -0.3 is 14.0 Å². The van der Waals surface area contributed by atoms with E-state index >= 15 is 0 Å². The highest BCUT2D eigenvalue weighted by atomic mass is 16.5. The molecule has 0 bridgehead atoms. The number of hydrogen-bond acceptors (Lipinski definition) is 6. The minimum atomic E-state index is -0.583. The molecule has 0 N–H and O–H groups in total. The van der Waals surface area contributed by atoms with E-state index in [1.165, 1.54) is 0 Å². The van der Waals surface area contributed by atoms with Gasteiger partial charge in [-0.1, -0.05) is 96.2 Å². The van der Waals surface area contributed by atoms with Crippen molar-refractivity contribution in [3.63, 3.8) is 0 Å². The van der Waals surface area contributed by atoms with Gasteiger partial charge in [0.1, 0.15) is 17.3 Å². The highest BCUT2D eigenvalue weighted by molar-refractivity contribution is 6.06. The lowest BCUT2D eigenvalue weighted by atomic mass is 9.93. The fraction of sp³-hybridized carbons (Fsp3) is 0.207. The molecule has 0 saturated carbocycles. The summed E-state index contributed by atoms with van der Waals surface area (Å²) in [5.74, 6) is 0.194. The largest absolute Gasteiger partial charge is 0.467 e. The first-order valence-corrected chi connectivity index (χ1v) is 11.6. The first-order valence-electron chi connectivity index (χ1n) is 11.6. The van der Waals surface area contributed by atoms with Crippen LogP contribution in [-0.4, -0.2) is 36.6 Å². The molecule has 1 aliphatic rings. The number of hydrogen-bond donors (Lipinski definition) is 0. The zero-order chi connectivity index (χ0) is 24.2. The molecule has 1 aromatic heterocycles. The molecule has 0 aliphatic carbocycles. The van der Waals surface area contributed by atoms with Gasteiger partial charge in [-0.3, -0.25) is 4.79 Å². The summed E-state index contributed by atoms with van der Waals surface area (Å²) in [6.07, 6.45) is -0.322. The molecule has 0 saturated heterocycles. The Morgan fingerprint density at radius 2 is 1.57 bits per heavy atom. The molecule has 0 spiro atoms. The Labute approximate surface area is 204 Å². The number of aromatic nitrogens is 1. The molecule has 4 aromatic rings. The van der Waals surface area contributed by atoms with Gasteiger partial charge in [-0.05, 0) is 12.5 Å². The molecule has 5 rings (SSSR count). The lowest BCUT2D eigenvalue weighted by molar-refractivity contribution is 0.0953. The molecular formula is C29H26N2O4. The zero-order valence-corrected chi connectivity index (χ0v) is 19.6. The first-order chi connectivity index (χ1) is 17.2. The fourth-order valence-electron chi connectivity index (χ4n) is 4.37. The summed E-state index contributed by atoms with van der Waals surface area (Å²) in [7, 11) is 1.65. The van der Waals surface area contributed by atoms with Crippen molar-refractivity contribution in [3.05, 3.63) is 113 Å². The van der Waals surface area contributed by atoms with Crippen LogP contribution < -0.4 is 0 Å². The Morgan fingerprint density at radius 1 is 0.943 bits per heavy atom. The molecule has 3 atom stereocenters. The molecule has 3 aromatic carbocycles. The summed E-state index contributed by atoms with van der Waals surface area (Å²) >= 11 is 0. The number of ketones is 1. The normalized spacial score (nSPS) is 18.1. The third-order valence-electron chi connectivity index (χ3n) is 6.16. The van der Waals surface area contributed by atoms with E-state index in [2.05, 4.69) is 5.16 Å². The van der Waals surface area contributed by atoms with Gasteiger partial charge in [-0.25, -0.2) is 4.99 Å². The molecule has 1 aliphatic heterocycles. The highest BCUT2D eigenvalue weighted by Gasteiger charge is 2.38. The maximum absolute atomic E-state index is 13.3. The molecular weight excluding hydrogens is 440 g/mol. The van der Waals surface area contributed by atoms with Crippen LogP contribution in [-0.2, 0) is 9.47 Å². The van der Waals surface area contributed by atoms with E-state index in [0.717, 1.165) is 11.1 Å². The number of ether oxygens (including phenoxy) is 2. The molecule has 6 nitrogen and oxygen atoms in total. The predicted octanol–water partition coefficient (Wildman–Crippen LogP) is 5.86. The van der Waals surface area contributed by atoms with E-state index in [0.29, 0.717) is 35.1 Å². The van der Waals surface area contributed by atoms with Gasteiger partial charge in [-0.2, -0.15) is 0 Å². The third-order valence-corrected chi connectivity index (χ3v) is 6.16. The maximum Gasteiger partial charge on any atom is 0.223 e. The van der Waals surface area contributed by atoms with E-state index in [9.17, 15) is 4.79 Å². The van der Waals surface area contributed by atoms with Crippen molar-refractivity contribution in [1.82, 2.24) is 5.16 Å². The monoisotopic (exact) mass is 466 g/mol. The number of benzene rings is 3. The van der Waals surface area contributed by atoms with Crippen molar-refractivity contribution in [2.24, 2.45) is 4.99 Å². The molecule has 0 fully saturated rings. The first kappa shape index (κ1) is 22.7. The summed E-state index contributed by atoms with van der Waals surface area (Å²) in [5.41, 5.74) is 3.66. The van der Waals surface area contributed by atoms with Crippen molar-refractivity contribution >= 4 is 11.7 Å². The molecule has 0 amide bonds. The highest BCUT2D eigenvalue weighted by Crippen LogP contribution is 2.38. The quantitative estimate of drug-likeness (QED) is 0.304. The smallest absolute Gasteiger partial charge is 0.223 e. The van der Waals surface area contributed by atoms with Gasteiger partial charge in [0.2, 0.25) is 5.90 Å². The third kappa shape index (κ3) is 4.53. The SMILES string of the molecule is COC[C@@H]1N=C(c2c(-c3ccccc3)noc2[C@@H](C)C(=O)c2ccccc2)O[C@H]1c1ccccc1. The minimum Gasteiger partial charge on any atom is -0.467 e. The summed E-state index contributed by atoms with van der Waals surface area (Å²) in [4.78, 5) is 18.2. The van der Waals surface area contributed by atoms with Crippen LogP contribution in [0.5, 0.6) is 0 Å². The minimum absolute atomic E-state index is 0.0609. The van der Waals surface area contributed by atoms with Crippen LogP contribution in [0.25, 0.3) is 11.3 Å². The van der Waals surface area contributed by atoms with Crippen LogP contribution in [0.15, 0.2) is 101 Å². The van der Waals surface area contributed by atoms with E-state index in [4.69, 9.17) is 19.0 Å². The van der Waals surface area contributed by atoms with E-state index < -0.39 is 5.92 Å². The van der Waals surface area contributed by atoms with Gasteiger partial charge >= 0.3 is 0 Å². The van der Waals surface area contributed by atoms with Gasteiger partial charge in [0.05, 0.1) is 12.5 Å². The van der Waals surface area contributed by atoms with E-state index in [-0.39, 0.29) is 17.9 Å². The Kier molecular flexibility index (Phi) is 6.55. The number of nitrogens with zero attached hydrogens (tertiary/aromatic N) is 2. The second kappa shape index (κ2) is 10.1. The number of Topliss-reactive ketones (excluding diaryl/α,β-unsaturated/α-hetero) is 1. The van der Waals surface area contributed by atoms with Crippen molar-refractivity contribution in [3.8, 4) is 11.3 Å². The molecule has 6 heteroatoms. The average molecular weight is 467 g/mol. The molecule has 176 valence electrons. The Hall–Kier alpha value is -4.03. The zero-order valence-electron chi connectivity index (χ0n) is 19.6. The maximum atomic E-state index is 13.3. The van der Waals surface area contributed by atoms with Crippen LogP contribution in [0, 0.1) is 0 Å². The van der Waals surface area contributed by atoms with Gasteiger partial charge in [0.15, 0.2) is 17.6 Å². The predicted molar refractivity (Wildman–Crippen MR) is 134 cm³/mol. The standard InChI is InChI=1S/C29H26N2O4/c1-19(26(32)21-14-8-4-9-15-21)27-24(25(31-35-27)20-12-6-3-7-13-20)29-30-23(18-33-2)28(34-29)22-16-10-5-11-17-22/h3-17,19,23,28H,18H2,1-2H3/t19-,23-,28-/m0/s1. The summed E-state index contributed by atoms with van der Waals surface area (Å²) in [6.45, 7) is 2.22. The number of rotatable bonds is 8. The number of carbonyl (C=O) groups excluding carboxylic acids is 1. The molecule has 0 unspecified atom stereocenters. The van der Waals surface area contributed by atoms with Crippen molar-refractivity contribution in [1.29, 1.82) is 0 Å². The lowest BCUT2D eigenvalue weighted by Crippen LogP contribution is -2.19. The summed E-state index contributed by atoms with van der Waals surface area (Å²) < 4.78 is 17.7. The number of carbonyl (C=O) groups is 1.